The number of halogens is 1. The average Bonchev–Trinajstić information content (AvgIpc) is 3.59. The Morgan fingerprint density at radius 3 is 2.54 bits per heavy atom. The highest BCUT2D eigenvalue weighted by atomic mass is 35.5. The lowest BCUT2D eigenvalue weighted by molar-refractivity contribution is -0.131. The molecule has 8 nitrogen and oxygen atoms in total. The zero-order valence-electron chi connectivity index (χ0n) is 22.5. The predicted octanol–water partition coefficient (Wildman–Crippen LogP) is 6.66. The van der Waals surface area contributed by atoms with E-state index < -0.39 is 15.6 Å². The Bertz CT molecular complexity index is 1540. The van der Waals surface area contributed by atoms with E-state index in [2.05, 4.69) is 16.8 Å². The summed E-state index contributed by atoms with van der Waals surface area (Å²) >= 11 is 6.76. The molecule has 1 amide bonds. The van der Waals surface area contributed by atoms with Crippen LogP contribution in [-0.2, 0) is 21.4 Å². The van der Waals surface area contributed by atoms with Crippen LogP contribution in [0.3, 0.4) is 0 Å². The third-order valence-corrected chi connectivity index (χ3v) is 9.49. The van der Waals surface area contributed by atoms with Crippen molar-refractivity contribution in [2.75, 3.05) is 4.72 Å². The summed E-state index contributed by atoms with van der Waals surface area (Å²) in [4.78, 5) is 20.4. The molecule has 39 heavy (non-hydrogen) atoms. The number of carbonyl (C=O) groups excluding carboxylic acids is 1. The summed E-state index contributed by atoms with van der Waals surface area (Å²) in [6.45, 7) is 5.93. The zero-order valence-corrected chi connectivity index (χ0v) is 24.0. The van der Waals surface area contributed by atoms with Gasteiger partial charge in [-0.2, -0.15) is 0 Å². The van der Waals surface area contributed by atoms with Gasteiger partial charge in [0.2, 0.25) is 0 Å². The quantitative estimate of drug-likeness (QED) is 0.311. The molecule has 1 saturated carbocycles. The Balaban J connectivity index is 1.42. The first kappa shape index (κ1) is 27.4. The lowest BCUT2D eigenvalue weighted by Gasteiger charge is -2.23. The molecule has 2 heterocycles. The molecule has 3 aromatic rings. The number of nitrogens with zero attached hydrogens (tertiary/aromatic N) is 3. The maximum absolute atomic E-state index is 13.5. The van der Waals surface area contributed by atoms with Crippen LogP contribution in [-0.4, -0.2) is 35.8 Å². The van der Waals surface area contributed by atoms with Gasteiger partial charge in [0, 0.05) is 22.6 Å². The van der Waals surface area contributed by atoms with Crippen LogP contribution in [0.1, 0.15) is 68.8 Å². The summed E-state index contributed by atoms with van der Waals surface area (Å²) in [5.74, 6) is 1.63. The van der Waals surface area contributed by atoms with Crippen molar-refractivity contribution in [3.05, 3.63) is 64.4 Å². The molecule has 1 fully saturated rings. The number of benzene rings is 2. The minimum absolute atomic E-state index is 0.0761. The molecule has 0 unspecified atom stereocenters. The van der Waals surface area contributed by atoms with E-state index in [9.17, 15) is 13.2 Å². The molecule has 1 aliphatic heterocycles. The van der Waals surface area contributed by atoms with Crippen LogP contribution in [0.5, 0.6) is 0 Å². The second kappa shape index (κ2) is 10.8. The number of anilines is 1. The van der Waals surface area contributed by atoms with E-state index in [4.69, 9.17) is 21.1 Å². The Hall–Kier alpha value is -3.17. The smallest absolute Gasteiger partial charge is 0.263 e. The van der Waals surface area contributed by atoms with Gasteiger partial charge in [-0.3, -0.25) is 19.4 Å². The number of amidine groups is 1. The van der Waals surface area contributed by atoms with Crippen LogP contribution >= 0.6 is 11.6 Å². The third-order valence-electron chi connectivity index (χ3n) is 7.74. The van der Waals surface area contributed by atoms with Crippen molar-refractivity contribution in [3.63, 3.8) is 0 Å². The Morgan fingerprint density at radius 1 is 1.13 bits per heavy atom. The molecule has 0 atom stereocenters. The van der Waals surface area contributed by atoms with Gasteiger partial charge in [-0.25, -0.2) is 8.42 Å². The first-order chi connectivity index (χ1) is 18.6. The van der Waals surface area contributed by atoms with Crippen LogP contribution in [0.2, 0.25) is 5.02 Å². The second-order valence-electron chi connectivity index (χ2n) is 10.4. The van der Waals surface area contributed by atoms with Crippen LogP contribution in [0.4, 0.5) is 5.82 Å². The number of hydrogen-bond donors (Lipinski definition) is 1. The first-order valence-corrected chi connectivity index (χ1v) is 15.3. The summed E-state index contributed by atoms with van der Waals surface area (Å²) in [5.41, 5.74) is 1.97. The number of hydrogen-bond acceptors (Lipinski definition) is 6. The highest BCUT2D eigenvalue weighted by Gasteiger charge is 2.49. The number of sulfonamides is 1. The maximum atomic E-state index is 13.5. The van der Waals surface area contributed by atoms with Crippen molar-refractivity contribution in [2.45, 2.75) is 82.7 Å². The summed E-state index contributed by atoms with van der Waals surface area (Å²) in [6.07, 6.45) is 6.41. The van der Waals surface area contributed by atoms with E-state index in [1.165, 1.54) is 0 Å². The Labute approximate surface area is 234 Å². The van der Waals surface area contributed by atoms with Gasteiger partial charge >= 0.3 is 0 Å². The number of aryl methyl sites for hydroxylation is 1. The Morgan fingerprint density at radius 2 is 1.87 bits per heavy atom. The molecule has 206 valence electrons. The molecular formula is C29H33ClN4O4S. The van der Waals surface area contributed by atoms with Crippen molar-refractivity contribution < 1.29 is 17.7 Å². The second-order valence-corrected chi connectivity index (χ2v) is 12.4. The number of nitrogens with one attached hydrogen (secondary N) is 1. The number of carbonyl (C=O) groups is 1. The van der Waals surface area contributed by atoms with Gasteiger partial charge in [-0.15, -0.1) is 0 Å². The predicted molar refractivity (Wildman–Crippen MR) is 152 cm³/mol. The van der Waals surface area contributed by atoms with E-state index in [0.29, 0.717) is 34.0 Å². The summed E-state index contributed by atoms with van der Waals surface area (Å²) in [6, 6.07) is 12.2. The largest absolute Gasteiger partial charge is 0.359 e. The van der Waals surface area contributed by atoms with Gasteiger partial charge in [0.15, 0.2) is 5.82 Å². The summed E-state index contributed by atoms with van der Waals surface area (Å²) < 4.78 is 34.3. The number of amides is 1. The minimum atomic E-state index is -3.96. The van der Waals surface area contributed by atoms with Gasteiger partial charge in [-0.1, -0.05) is 73.3 Å². The van der Waals surface area contributed by atoms with Crippen LogP contribution in [0, 0.1) is 13.8 Å². The number of aliphatic imine (C=N–C) groups is 1. The van der Waals surface area contributed by atoms with Gasteiger partial charge in [0.05, 0.1) is 11.4 Å². The normalized spacial score (nSPS) is 16.8. The molecule has 0 saturated heterocycles. The fourth-order valence-electron chi connectivity index (χ4n) is 5.35. The van der Waals surface area contributed by atoms with E-state index in [1.807, 2.05) is 17.0 Å². The standard InChI is InChI=1S/C29H33ClN4O4S/c1-4-5-12-26-31-29(15-8-9-16-29)28(35)34(26)18-22-14-13-21(17-24(22)30)23-10-6-7-11-25(23)39(36,37)33-27-19(2)20(3)38-32-27/h6-7,10-11,13-14,17H,4-5,8-9,12,15-16,18H2,1-3H3,(H,32,33). The van der Waals surface area contributed by atoms with E-state index in [-0.39, 0.29) is 16.6 Å². The third kappa shape index (κ3) is 5.22. The fraction of sp³-hybridized carbons (Fsp3) is 0.414. The van der Waals surface area contributed by atoms with Crippen LogP contribution < -0.4 is 4.72 Å². The van der Waals surface area contributed by atoms with Crippen LogP contribution in [0.15, 0.2) is 56.9 Å². The Kier molecular flexibility index (Phi) is 7.57. The van der Waals surface area contributed by atoms with Gasteiger partial charge in [0.1, 0.15) is 17.1 Å². The van der Waals surface area contributed by atoms with Crippen molar-refractivity contribution >= 4 is 39.2 Å². The minimum Gasteiger partial charge on any atom is -0.359 e. The lowest BCUT2D eigenvalue weighted by atomic mass is 9.98. The number of aromatic nitrogens is 1. The molecule has 1 aliphatic carbocycles. The number of unbranched alkanes of at least 4 members (excludes halogenated alkanes) is 1. The van der Waals surface area contributed by atoms with E-state index >= 15 is 0 Å². The van der Waals surface area contributed by atoms with E-state index in [1.54, 1.807) is 44.2 Å². The van der Waals surface area contributed by atoms with Gasteiger partial charge in [0.25, 0.3) is 15.9 Å². The maximum Gasteiger partial charge on any atom is 0.263 e. The fourth-order valence-corrected chi connectivity index (χ4v) is 6.87. The van der Waals surface area contributed by atoms with Crippen molar-refractivity contribution in [3.8, 4) is 11.1 Å². The molecule has 10 heteroatoms. The highest BCUT2D eigenvalue weighted by Crippen LogP contribution is 2.41. The molecule has 2 aliphatic rings. The average molecular weight is 569 g/mol. The molecule has 1 spiro atoms. The molecule has 0 radical (unpaired) electrons. The topological polar surface area (TPSA) is 105 Å². The summed E-state index contributed by atoms with van der Waals surface area (Å²) in [7, 11) is -3.96. The van der Waals surface area contributed by atoms with Gasteiger partial charge < -0.3 is 4.52 Å². The molecule has 5 rings (SSSR count). The first-order valence-electron chi connectivity index (χ1n) is 13.4. The molecule has 1 N–H and O–H groups in total. The SMILES string of the molecule is CCCCC1=NC2(CCCC2)C(=O)N1Cc1ccc(-c2ccccc2S(=O)(=O)Nc2noc(C)c2C)cc1Cl. The highest BCUT2D eigenvalue weighted by molar-refractivity contribution is 7.92. The zero-order chi connectivity index (χ0) is 27.8. The monoisotopic (exact) mass is 568 g/mol. The number of rotatable bonds is 9. The molecule has 2 aromatic carbocycles. The van der Waals surface area contributed by atoms with Crippen molar-refractivity contribution in [1.82, 2.24) is 10.1 Å². The van der Waals surface area contributed by atoms with Gasteiger partial charge in [-0.05, 0) is 56.4 Å². The molecule has 0 bridgehead atoms. The molecule has 1 aromatic heterocycles. The van der Waals surface area contributed by atoms with Crippen LogP contribution in [0.25, 0.3) is 11.1 Å². The van der Waals surface area contributed by atoms with E-state index in [0.717, 1.165) is 56.3 Å². The van der Waals surface area contributed by atoms with Crippen molar-refractivity contribution in [1.29, 1.82) is 0 Å². The lowest BCUT2D eigenvalue weighted by Crippen LogP contribution is -2.40. The molecular weight excluding hydrogens is 536 g/mol. The van der Waals surface area contributed by atoms with Crippen molar-refractivity contribution in [2.24, 2.45) is 4.99 Å². The summed E-state index contributed by atoms with van der Waals surface area (Å²) in [5, 5.41) is 4.30.